The third-order valence-electron chi connectivity index (χ3n) is 6.02. The average molecular weight is 531 g/mol. The van der Waals surface area contributed by atoms with Crippen LogP contribution in [0.3, 0.4) is 0 Å². The minimum atomic E-state index is -0.296. The molecule has 1 aliphatic rings. The zero-order valence-electron chi connectivity index (χ0n) is 19.1. The van der Waals surface area contributed by atoms with Crippen LogP contribution in [-0.4, -0.2) is 39.4 Å². The van der Waals surface area contributed by atoms with Crippen molar-refractivity contribution in [1.29, 1.82) is 0 Å². The van der Waals surface area contributed by atoms with Crippen molar-refractivity contribution < 1.29 is 9.59 Å². The van der Waals surface area contributed by atoms with Crippen molar-refractivity contribution in [2.24, 2.45) is 11.8 Å². The van der Waals surface area contributed by atoms with Crippen LogP contribution in [0.1, 0.15) is 41.1 Å². The van der Waals surface area contributed by atoms with Crippen molar-refractivity contribution in [3.05, 3.63) is 55.4 Å². The molecule has 33 heavy (non-hydrogen) atoms. The van der Waals surface area contributed by atoms with E-state index >= 15 is 0 Å². The van der Waals surface area contributed by atoms with E-state index in [4.69, 9.17) is 0 Å². The van der Waals surface area contributed by atoms with Crippen LogP contribution in [0.5, 0.6) is 0 Å². The molecule has 2 atom stereocenters. The number of hydrogen-bond donors (Lipinski definition) is 1. The molecule has 1 aliphatic heterocycles. The maximum Gasteiger partial charge on any atom is 0.266 e. The van der Waals surface area contributed by atoms with E-state index in [1.165, 1.54) is 22.2 Å². The molecule has 1 fully saturated rings. The summed E-state index contributed by atoms with van der Waals surface area (Å²) in [4.78, 5) is 46.2. The Labute approximate surface area is 204 Å². The summed E-state index contributed by atoms with van der Waals surface area (Å²) in [6.45, 7) is 9.39. The highest BCUT2D eigenvalue weighted by atomic mass is 79.9. The molecule has 174 valence electrons. The van der Waals surface area contributed by atoms with Crippen LogP contribution in [0.2, 0.25) is 0 Å². The van der Waals surface area contributed by atoms with E-state index < -0.39 is 0 Å². The number of aryl methyl sites for hydroxylation is 2. The first-order valence-electron chi connectivity index (χ1n) is 11.0. The molecule has 7 nitrogen and oxygen atoms in total. The van der Waals surface area contributed by atoms with Crippen molar-refractivity contribution in [3.63, 3.8) is 0 Å². The van der Waals surface area contributed by atoms with Gasteiger partial charge in [-0.2, -0.15) is 0 Å². The number of piperidine rings is 1. The lowest BCUT2D eigenvalue weighted by Gasteiger charge is -2.35. The van der Waals surface area contributed by atoms with Gasteiger partial charge in [0.05, 0.1) is 22.3 Å². The van der Waals surface area contributed by atoms with Gasteiger partial charge >= 0.3 is 0 Å². The lowest BCUT2D eigenvalue weighted by Crippen LogP contribution is -2.44. The molecule has 2 unspecified atom stereocenters. The number of halogens is 1. The van der Waals surface area contributed by atoms with Crippen LogP contribution in [0, 0.1) is 25.7 Å². The molecule has 3 aromatic rings. The fraction of sp³-hybridized carbons (Fsp3) is 0.417. The predicted octanol–water partition coefficient (Wildman–Crippen LogP) is 4.59. The van der Waals surface area contributed by atoms with E-state index in [9.17, 15) is 14.4 Å². The van der Waals surface area contributed by atoms with Crippen LogP contribution in [-0.2, 0) is 11.3 Å². The molecule has 1 aromatic carbocycles. The van der Waals surface area contributed by atoms with Crippen LogP contribution >= 0.6 is 27.3 Å². The van der Waals surface area contributed by atoms with Crippen LogP contribution < -0.4 is 10.9 Å². The molecule has 9 heteroatoms. The topological polar surface area (TPSA) is 84.3 Å². The second-order valence-electron chi connectivity index (χ2n) is 9.10. The number of carbonyl (C=O) groups excluding carboxylic acids is 2. The molecule has 0 spiro atoms. The molecule has 2 aromatic heterocycles. The average Bonchev–Trinajstić information content (AvgIpc) is 3.08. The van der Waals surface area contributed by atoms with Crippen molar-refractivity contribution in [1.82, 2.24) is 14.5 Å². The van der Waals surface area contributed by atoms with Gasteiger partial charge in [-0.15, -0.1) is 11.3 Å². The second-order valence-corrected chi connectivity index (χ2v) is 10.9. The Kier molecular flexibility index (Phi) is 6.72. The van der Waals surface area contributed by atoms with Crippen LogP contribution in [0.4, 0.5) is 5.69 Å². The summed E-state index contributed by atoms with van der Waals surface area (Å²) < 4.78 is 2.14. The highest BCUT2D eigenvalue weighted by Crippen LogP contribution is 2.29. The van der Waals surface area contributed by atoms with Crippen LogP contribution in [0.15, 0.2) is 33.8 Å². The number of likely N-dealkylation sites (tertiary alicyclic amines) is 1. The maximum absolute atomic E-state index is 13.2. The number of aromatic nitrogens is 2. The van der Waals surface area contributed by atoms with E-state index in [0.717, 1.165) is 16.5 Å². The van der Waals surface area contributed by atoms with Gasteiger partial charge in [-0.1, -0.05) is 19.9 Å². The smallest absolute Gasteiger partial charge is 0.266 e. The Morgan fingerprint density at radius 1 is 1.21 bits per heavy atom. The van der Waals surface area contributed by atoms with Gasteiger partial charge in [0.25, 0.3) is 11.5 Å². The molecule has 4 rings (SSSR count). The number of carbonyl (C=O) groups is 2. The third-order valence-corrected chi connectivity index (χ3v) is 7.88. The number of anilines is 1. The zero-order chi connectivity index (χ0) is 23.9. The summed E-state index contributed by atoms with van der Waals surface area (Å²) in [5.74, 6) is 0.526. The Morgan fingerprint density at radius 3 is 2.58 bits per heavy atom. The lowest BCUT2D eigenvalue weighted by molar-refractivity contribution is -0.134. The number of rotatable bonds is 4. The molecule has 1 N–H and O–H groups in total. The number of fused-ring (bicyclic) bond motifs is 1. The van der Waals surface area contributed by atoms with Gasteiger partial charge in [-0.3, -0.25) is 19.0 Å². The van der Waals surface area contributed by atoms with E-state index in [2.05, 4.69) is 40.1 Å². The highest BCUT2D eigenvalue weighted by Gasteiger charge is 2.26. The molecule has 0 bridgehead atoms. The van der Waals surface area contributed by atoms with Gasteiger partial charge in [0.1, 0.15) is 11.4 Å². The largest absolute Gasteiger partial charge is 0.341 e. The Morgan fingerprint density at radius 2 is 1.91 bits per heavy atom. The maximum atomic E-state index is 13.2. The SMILES string of the molecule is Cc1ccc(NC(=O)c2sc3ncn(CC(=O)N4CC(C)CC(C)C4)c(=O)c3c2C)c(Br)c1. The summed E-state index contributed by atoms with van der Waals surface area (Å²) in [6.07, 6.45) is 2.52. The van der Waals surface area contributed by atoms with Crippen molar-refractivity contribution in [2.75, 3.05) is 18.4 Å². The fourth-order valence-electron chi connectivity index (χ4n) is 4.50. The van der Waals surface area contributed by atoms with Gasteiger partial charge in [0, 0.05) is 17.6 Å². The fourth-order valence-corrected chi connectivity index (χ4v) is 6.13. The molecule has 3 heterocycles. The number of nitrogens with zero attached hydrogens (tertiary/aromatic N) is 3. The minimum absolute atomic E-state index is 0.0473. The molecular formula is C24H27BrN4O3S. The molecule has 0 saturated carbocycles. The van der Waals surface area contributed by atoms with Gasteiger partial charge < -0.3 is 10.2 Å². The van der Waals surface area contributed by atoms with Gasteiger partial charge in [-0.25, -0.2) is 4.98 Å². The van der Waals surface area contributed by atoms with E-state index in [0.29, 0.717) is 51.3 Å². The normalized spacial score (nSPS) is 18.5. The van der Waals surface area contributed by atoms with Gasteiger partial charge in [-0.05, 0) is 71.3 Å². The Bertz CT molecular complexity index is 1290. The highest BCUT2D eigenvalue weighted by molar-refractivity contribution is 9.10. The zero-order valence-corrected chi connectivity index (χ0v) is 21.5. The first kappa shape index (κ1) is 23.6. The lowest BCUT2D eigenvalue weighted by atomic mass is 9.92. The predicted molar refractivity (Wildman–Crippen MR) is 135 cm³/mol. The molecule has 0 radical (unpaired) electrons. The quantitative estimate of drug-likeness (QED) is 0.534. The summed E-state index contributed by atoms with van der Waals surface area (Å²) in [5, 5.41) is 3.29. The number of amides is 2. The first-order chi connectivity index (χ1) is 15.6. The minimum Gasteiger partial charge on any atom is -0.341 e. The molecule has 2 amide bonds. The van der Waals surface area contributed by atoms with Gasteiger partial charge in [0.15, 0.2) is 0 Å². The number of benzene rings is 1. The number of thiophene rings is 1. The van der Waals surface area contributed by atoms with Gasteiger partial charge in [0.2, 0.25) is 5.91 Å². The Balaban J connectivity index is 1.59. The standard InChI is InChI=1S/C24H27BrN4O3S/c1-13-5-6-18(17(25)8-13)27-22(31)21-16(4)20-23(33-21)26-12-29(24(20)32)11-19(30)28-9-14(2)7-15(3)10-28/h5-6,8,12,14-15H,7,9-11H2,1-4H3,(H,27,31). The molecule has 1 saturated heterocycles. The van der Waals surface area contributed by atoms with E-state index in [1.807, 2.05) is 30.0 Å². The molecular weight excluding hydrogens is 504 g/mol. The monoisotopic (exact) mass is 530 g/mol. The third kappa shape index (κ3) is 4.89. The summed E-state index contributed by atoms with van der Waals surface area (Å²) >= 11 is 4.66. The van der Waals surface area contributed by atoms with E-state index in [-0.39, 0.29) is 23.9 Å². The second kappa shape index (κ2) is 9.38. The summed E-state index contributed by atoms with van der Waals surface area (Å²) in [7, 11) is 0. The number of nitrogens with one attached hydrogen (secondary N) is 1. The van der Waals surface area contributed by atoms with Crippen LogP contribution in [0.25, 0.3) is 10.2 Å². The summed E-state index contributed by atoms with van der Waals surface area (Å²) in [5.41, 5.74) is 2.01. The summed E-state index contributed by atoms with van der Waals surface area (Å²) in [6, 6.07) is 5.67. The first-order valence-corrected chi connectivity index (χ1v) is 12.6. The Hall–Kier alpha value is -2.52. The number of hydrogen-bond acceptors (Lipinski definition) is 5. The molecule has 0 aliphatic carbocycles. The van der Waals surface area contributed by atoms with Crippen molar-refractivity contribution >= 4 is 55.0 Å². The van der Waals surface area contributed by atoms with Crippen molar-refractivity contribution in [3.8, 4) is 0 Å². The van der Waals surface area contributed by atoms with Crippen molar-refractivity contribution in [2.45, 2.75) is 40.7 Å². The van der Waals surface area contributed by atoms with E-state index in [1.54, 1.807) is 6.92 Å².